The molecule has 0 saturated carbocycles. The third-order valence-corrected chi connectivity index (χ3v) is 6.19. The van der Waals surface area contributed by atoms with Gasteiger partial charge < -0.3 is 4.90 Å². The Labute approximate surface area is 188 Å². The van der Waals surface area contributed by atoms with Gasteiger partial charge in [0.25, 0.3) is 5.91 Å². The molecule has 0 aliphatic carbocycles. The summed E-state index contributed by atoms with van der Waals surface area (Å²) in [5.41, 5.74) is 3.30. The molecule has 1 aliphatic rings. The summed E-state index contributed by atoms with van der Waals surface area (Å²) in [6.45, 7) is 4.04. The van der Waals surface area contributed by atoms with Crippen molar-refractivity contribution in [1.82, 2.24) is 4.90 Å². The average Bonchev–Trinajstić information content (AvgIpc) is 2.83. The predicted octanol–water partition coefficient (Wildman–Crippen LogP) is 5.84. The molecule has 0 N–H and O–H groups in total. The maximum Gasteiger partial charge on any atom is 0.258 e. The van der Waals surface area contributed by atoms with Crippen molar-refractivity contribution in [3.05, 3.63) is 101 Å². The van der Waals surface area contributed by atoms with Crippen LogP contribution >= 0.6 is 0 Å². The molecule has 3 nitrogen and oxygen atoms in total. The molecule has 0 radical (unpaired) electrons. The summed E-state index contributed by atoms with van der Waals surface area (Å²) in [4.78, 5) is 17.6. The number of aryl methyl sites for hydroxylation is 1. The molecule has 0 aromatic heterocycles. The molecular weight excluding hydrogens is 406 g/mol. The van der Waals surface area contributed by atoms with Crippen molar-refractivity contribution in [3.63, 3.8) is 0 Å². The van der Waals surface area contributed by atoms with Gasteiger partial charge in [-0.2, -0.15) is 0 Å². The first kappa shape index (κ1) is 22.2. The second-order valence-corrected chi connectivity index (χ2v) is 8.30. The Morgan fingerprint density at radius 3 is 2.28 bits per heavy atom. The Bertz CT molecular complexity index is 1050. The highest BCUT2D eigenvalue weighted by Crippen LogP contribution is 2.27. The van der Waals surface area contributed by atoms with E-state index in [-0.39, 0.29) is 11.9 Å². The van der Waals surface area contributed by atoms with Crippen LogP contribution in [0.25, 0.3) is 0 Å². The molecule has 0 unspecified atom stereocenters. The second-order valence-electron chi connectivity index (χ2n) is 8.30. The molecule has 0 bridgehead atoms. The van der Waals surface area contributed by atoms with Gasteiger partial charge in [-0.15, -0.1) is 0 Å². The molecule has 1 amide bonds. The molecule has 5 heteroatoms. The molecule has 1 heterocycles. The van der Waals surface area contributed by atoms with Crippen LogP contribution in [0.4, 0.5) is 14.5 Å². The fourth-order valence-corrected chi connectivity index (χ4v) is 4.33. The predicted molar refractivity (Wildman–Crippen MR) is 124 cm³/mol. The summed E-state index contributed by atoms with van der Waals surface area (Å²) in [6, 6.07) is 21.4. The van der Waals surface area contributed by atoms with Crippen LogP contribution in [0.1, 0.15) is 41.3 Å². The number of hydrogen-bond donors (Lipinski definition) is 0. The number of rotatable bonds is 6. The third-order valence-electron chi connectivity index (χ3n) is 6.19. The zero-order valence-corrected chi connectivity index (χ0v) is 18.3. The number of anilines is 1. The molecule has 1 fully saturated rings. The second kappa shape index (κ2) is 10.0. The number of hydrogen-bond acceptors (Lipinski definition) is 2. The third kappa shape index (κ3) is 5.05. The standard InChI is InChI=1S/C27H28F2N2O/c1-2-20-8-12-24(13-9-20)31(27(32)21-6-4-3-5-7-21)25-14-16-30(17-15-25)19-22-10-11-23(28)18-26(22)29/h3-13,18,25H,2,14-17,19H2,1H3. The molecule has 166 valence electrons. The van der Waals surface area contributed by atoms with Gasteiger partial charge in [-0.1, -0.05) is 43.3 Å². The van der Waals surface area contributed by atoms with Crippen LogP contribution < -0.4 is 4.90 Å². The number of carbonyl (C=O) groups is 1. The van der Waals surface area contributed by atoms with Crippen LogP contribution in [0, 0.1) is 11.6 Å². The Kier molecular flexibility index (Phi) is 6.96. The maximum absolute atomic E-state index is 14.1. The largest absolute Gasteiger partial charge is 0.305 e. The molecule has 3 aromatic rings. The topological polar surface area (TPSA) is 23.6 Å². The van der Waals surface area contributed by atoms with E-state index in [1.807, 2.05) is 47.4 Å². The Hall–Kier alpha value is -3.05. The van der Waals surface area contributed by atoms with E-state index in [2.05, 4.69) is 24.0 Å². The van der Waals surface area contributed by atoms with Crippen molar-refractivity contribution < 1.29 is 13.6 Å². The van der Waals surface area contributed by atoms with Crippen LogP contribution in [-0.2, 0) is 13.0 Å². The summed E-state index contributed by atoms with van der Waals surface area (Å²) in [5.74, 6) is -1.07. The van der Waals surface area contributed by atoms with Gasteiger partial charge in [0.15, 0.2) is 0 Å². The number of amides is 1. The van der Waals surface area contributed by atoms with E-state index in [1.165, 1.54) is 17.7 Å². The molecule has 0 atom stereocenters. The van der Waals surface area contributed by atoms with E-state index in [0.29, 0.717) is 17.7 Å². The first-order valence-electron chi connectivity index (χ1n) is 11.2. The van der Waals surface area contributed by atoms with Crippen molar-refractivity contribution in [1.29, 1.82) is 0 Å². The number of carbonyl (C=O) groups excluding carboxylic acids is 1. The average molecular weight is 435 g/mol. The first-order chi connectivity index (χ1) is 15.5. The van der Waals surface area contributed by atoms with Crippen molar-refractivity contribution >= 4 is 11.6 Å². The number of halogens is 2. The van der Waals surface area contributed by atoms with Gasteiger partial charge in [0.1, 0.15) is 11.6 Å². The van der Waals surface area contributed by atoms with Gasteiger partial charge in [-0.3, -0.25) is 9.69 Å². The lowest BCUT2D eigenvalue weighted by Gasteiger charge is -2.38. The number of benzene rings is 3. The minimum Gasteiger partial charge on any atom is -0.305 e. The highest BCUT2D eigenvalue weighted by atomic mass is 19.1. The first-order valence-corrected chi connectivity index (χ1v) is 11.2. The summed E-state index contributed by atoms with van der Waals surface area (Å²) < 4.78 is 27.3. The van der Waals surface area contributed by atoms with Gasteiger partial charge in [0.2, 0.25) is 0 Å². The summed E-state index contributed by atoms with van der Waals surface area (Å²) >= 11 is 0. The lowest BCUT2D eigenvalue weighted by atomic mass is 9.99. The van der Waals surface area contributed by atoms with E-state index < -0.39 is 11.6 Å². The van der Waals surface area contributed by atoms with Crippen molar-refractivity contribution in [3.8, 4) is 0 Å². The number of piperidine rings is 1. The van der Waals surface area contributed by atoms with Crippen LogP contribution in [0.3, 0.4) is 0 Å². The van der Waals surface area contributed by atoms with Gasteiger partial charge >= 0.3 is 0 Å². The lowest BCUT2D eigenvalue weighted by Crippen LogP contribution is -2.47. The van der Waals surface area contributed by atoms with Crippen LogP contribution in [-0.4, -0.2) is 29.9 Å². The summed E-state index contributed by atoms with van der Waals surface area (Å²) in [7, 11) is 0. The highest BCUT2D eigenvalue weighted by Gasteiger charge is 2.30. The molecule has 3 aromatic carbocycles. The van der Waals surface area contributed by atoms with Crippen LogP contribution in [0.15, 0.2) is 72.8 Å². The Balaban J connectivity index is 1.51. The van der Waals surface area contributed by atoms with E-state index in [4.69, 9.17) is 0 Å². The smallest absolute Gasteiger partial charge is 0.258 e. The van der Waals surface area contributed by atoms with Crippen LogP contribution in [0.2, 0.25) is 0 Å². The molecule has 32 heavy (non-hydrogen) atoms. The van der Waals surface area contributed by atoms with E-state index in [1.54, 1.807) is 0 Å². The molecule has 4 rings (SSSR count). The molecule has 1 saturated heterocycles. The van der Waals surface area contributed by atoms with E-state index in [9.17, 15) is 13.6 Å². The minimum absolute atomic E-state index is 0.00197. The van der Waals surface area contributed by atoms with Gasteiger partial charge in [0.05, 0.1) is 0 Å². The van der Waals surface area contributed by atoms with E-state index >= 15 is 0 Å². The Morgan fingerprint density at radius 2 is 1.66 bits per heavy atom. The molecule has 0 spiro atoms. The quantitative estimate of drug-likeness (QED) is 0.487. The van der Waals surface area contributed by atoms with Crippen molar-refractivity contribution in [2.75, 3.05) is 18.0 Å². The maximum atomic E-state index is 14.1. The number of nitrogens with zero attached hydrogens (tertiary/aromatic N) is 2. The van der Waals surface area contributed by atoms with Crippen molar-refractivity contribution in [2.45, 2.75) is 38.8 Å². The molecule has 1 aliphatic heterocycles. The van der Waals surface area contributed by atoms with Crippen LogP contribution in [0.5, 0.6) is 0 Å². The minimum atomic E-state index is -0.561. The van der Waals surface area contributed by atoms with Gasteiger partial charge in [-0.05, 0) is 55.2 Å². The van der Waals surface area contributed by atoms with Gasteiger partial charge in [-0.25, -0.2) is 8.78 Å². The lowest BCUT2D eigenvalue weighted by molar-refractivity contribution is 0.0958. The van der Waals surface area contributed by atoms with E-state index in [0.717, 1.165) is 44.1 Å². The van der Waals surface area contributed by atoms with Gasteiger partial charge in [0, 0.05) is 48.6 Å². The summed E-state index contributed by atoms with van der Waals surface area (Å²) in [5, 5.41) is 0. The monoisotopic (exact) mass is 434 g/mol. The fourth-order valence-electron chi connectivity index (χ4n) is 4.33. The Morgan fingerprint density at radius 1 is 0.969 bits per heavy atom. The zero-order valence-electron chi connectivity index (χ0n) is 18.3. The highest BCUT2D eigenvalue weighted by molar-refractivity contribution is 6.06. The fraction of sp³-hybridized carbons (Fsp3) is 0.296. The normalized spacial score (nSPS) is 15.0. The zero-order chi connectivity index (χ0) is 22.5. The summed E-state index contributed by atoms with van der Waals surface area (Å²) in [6.07, 6.45) is 2.53. The van der Waals surface area contributed by atoms with Crippen molar-refractivity contribution in [2.24, 2.45) is 0 Å². The number of likely N-dealkylation sites (tertiary alicyclic amines) is 1. The molecular formula is C27H28F2N2O. The SMILES string of the molecule is CCc1ccc(N(C(=O)c2ccccc2)C2CCN(Cc3ccc(F)cc3F)CC2)cc1.